The number of ether oxygens (including phenoxy) is 2. The van der Waals surface area contributed by atoms with E-state index < -0.39 is 22.7 Å². The lowest BCUT2D eigenvalue weighted by molar-refractivity contribution is 0.387. The molecular formula is C25H16ClNO6. The summed E-state index contributed by atoms with van der Waals surface area (Å²) in [4.78, 5) is 26.4. The van der Waals surface area contributed by atoms with Crippen molar-refractivity contribution in [2.45, 2.75) is 0 Å². The molecule has 2 aromatic heterocycles. The normalized spacial score (nSPS) is 11.1. The van der Waals surface area contributed by atoms with Gasteiger partial charge in [0, 0.05) is 17.1 Å². The number of halogens is 1. The van der Waals surface area contributed by atoms with Crippen LogP contribution in [0.3, 0.4) is 0 Å². The Kier molecular flexibility index (Phi) is 5.03. The number of benzene rings is 3. The van der Waals surface area contributed by atoms with Gasteiger partial charge in [0.15, 0.2) is 11.3 Å². The molecule has 1 N–H and O–H groups in total. The molecule has 0 radical (unpaired) electrons. The molecule has 0 amide bonds. The Labute approximate surface area is 191 Å². The number of pyridine rings is 1. The van der Waals surface area contributed by atoms with E-state index in [0.29, 0.717) is 22.3 Å². The summed E-state index contributed by atoms with van der Waals surface area (Å²) in [7, 11) is 1.51. The maximum Gasteiger partial charge on any atom is 0.383 e. The van der Waals surface area contributed by atoms with Gasteiger partial charge in [0.05, 0.1) is 17.6 Å². The molecule has 0 saturated heterocycles. The summed E-state index contributed by atoms with van der Waals surface area (Å²) in [5, 5.41) is 11.5. The maximum atomic E-state index is 13.7. The van der Waals surface area contributed by atoms with Gasteiger partial charge < -0.3 is 19.0 Å². The van der Waals surface area contributed by atoms with Crippen molar-refractivity contribution in [3.63, 3.8) is 0 Å². The number of hydrogen-bond acceptors (Lipinski definition) is 6. The lowest BCUT2D eigenvalue weighted by Crippen LogP contribution is -2.20. The summed E-state index contributed by atoms with van der Waals surface area (Å²) in [6.07, 6.45) is 0. The van der Waals surface area contributed by atoms with E-state index >= 15 is 0 Å². The Bertz CT molecular complexity index is 1640. The second kappa shape index (κ2) is 8.03. The van der Waals surface area contributed by atoms with Crippen LogP contribution in [-0.4, -0.2) is 16.8 Å². The third-order valence-corrected chi connectivity index (χ3v) is 5.54. The Morgan fingerprint density at radius 1 is 0.970 bits per heavy atom. The van der Waals surface area contributed by atoms with Gasteiger partial charge in [-0.3, -0.25) is 9.36 Å². The van der Waals surface area contributed by atoms with E-state index in [1.54, 1.807) is 60.7 Å². The van der Waals surface area contributed by atoms with Crippen molar-refractivity contribution in [2.75, 3.05) is 7.11 Å². The Morgan fingerprint density at radius 3 is 2.42 bits per heavy atom. The van der Waals surface area contributed by atoms with Crippen LogP contribution < -0.4 is 20.7 Å². The van der Waals surface area contributed by atoms with Gasteiger partial charge in [-0.15, -0.1) is 0 Å². The number of fused-ring (bicyclic) bond motifs is 3. The van der Waals surface area contributed by atoms with Gasteiger partial charge in [0.25, 0.3) is 11.3 Å². The third kappa shape index (κ3) is 3.39. The fraction of sp³-hybridized carbons (Fsp3) is 0.0400. The molecule has 164 valence electrons. The summed E-state index contributed by atoms with van der Waals surface area (Å²) in [5.74, 6) is -0.514. The second-order valence-electron chi connectivity index (χ2n) is 7.16. The number of nitrogens with zero attached hydrogens (tertiary/aromatic N) is 1. The average Bonchev–Trinajstić information content (AvgIpc) is 2.83. The molecule has 33 heavy (non-hydrogen) atoms. The van der Waals surface area contributed by atoms with Gasteiger partial charge in [-0.2, -0.15) is 0 Å². The molecular weight excluding hydrogens is 446 g/mol. The molecule has 0 aliphatic heterocycles. The van der Waals surface area contributed by atoms with Crippen molar-refractivity contribution in [3.05, 3.63) is 98.6 Å². The number of aromatic nitrogens is 1. The molecule has 7 nitrogen and oxygen atoms in total. The van der Waals surface area contributed by atoms with Gasteiger partial charge in [-0.25, -0.2) is 4.79 Å². The standard InChI is InChI=1S/C25H16ClNO6/c1-31-15-11-12-16-18(13-15)27(14-7-3-2-4-8-14)24(29)20-21(28)23(25(30)33-22(16)20)32-19-10-6-5-9-17(19)26/h2-13,28H,1H3. The summed E-state index contributed by atoms with van der Waals surface area (Å²) in [6, 6.07) is 20.3. The first-order chi connectivity index (χ1) is 16.0. The predicted molar refractivity (Wildman–Crippen MR) is 125 cm³/mol. The molecule has 5 rings (SSSR count). The Hall–Kier alpha value is -4.23. The Balaban J connectivity index is 1.90. The number of para-hydroxylation sites is 2. The second-order valence-corrected chi connectivity index (χ2v) is 7.57. The highest BCUT2D eigenvalue weighted by atomic mass is 35.5. The van der Waals surface area contributed by atoms with E-state index in [1.807, 2.05) is 6.07 Å². The molecule has 8 heteroatoms. The molecule has 5 aromatic rings. The van der Waals surface area contributed by atoms with Gasteiger partial charge in [-0.05, 0) is 36.4 Å². The van der Waals surface area contributed by atoms with E-state index in [2.05, 4.69) is 0 Å². The van der Waals surface area contributed by atoms with Crippen molar-refractivity contribution in [1.82, 2.24) is 4.57 Å². The summed E-state index contributed by atoms with van der Waals surface area (Å²) in [5.41, 5.74) is -0.600. The number of methoxy groups -OCH3 is 1. The highest BCUT2D eigenvalue weighted by Crippen LogP contribution is 2.38. The van der Waals surface area contributed by atoms with Crippen LogP contribution in [0.4, 0.5) is 0 Å². The van der Waals surface area contributed by atoms with Crippen LogP contribution in [0.2, 0.25) is 5.02 Å². The largest absolute Gasteiger partial charge is 0.503 e. The van der Waals surface area contributed by atoms with Crippen molar-refractivity contribution < 1.29 is 19.0 Å². The molecule has 0 atom stereocenters. The average molecular weight is 462 g/mol. The number of hydrogen-bond donors (Lipinski definition) is 1. The van der Waals surface area contributed by atoms with E-state index in [0.717, 1.165) is 0 Å². The monoisotopic (exact) mass is 461 g/mol. The lowest BCUT2D eigenvalue weighted by atomic mass is 10.1. The molecule has 0 unspecified atom stereocenters. The maximum absolute atomic E-state index is 13.7. The summed E-state index contributed by atoms with van der Waals surface area (Å²) < 4.78 is 17.8. The predicted octanol–water partition coefficient (Wildman–Crippen LogP) is 5.26. The molecule has 0 aliphatic rings. The van der Waals surface area contributed by atoms with Gasteiger partial charge in [0.2, 0.25) is 0 Å². The van der Waals surface area contributed by atoms with Crippen molar-refractivity contribution in [2.24, 2.45) is 0 Å². The van der Waals surface area contributed by atoms with Gasteiger partial charge in [-0.1, -0.05) is 41.9 Å². The van der Waals surface area contributed by atoms with Crippen LogP contribution in [0.25, 0.3) is 27.6 Å². The third-order valence-electron chi connectivity index (χ3n) is 5.23. The number of aromatic hydroxyl groups is 1. The van der Waals surface area contributed by atoms with Crippen LogP contribution >= 0.6 is 11.6 Å². The minimum atomic E-state index is -0.950. The van der Waals surface area contributed by atoms with E-state index in [-0.39, 0.29) is 21.7 Å². The lowest BCUT2D eigenvalue weighted by Gasteiger charge is -2.15. The van der Waals surface area contributed by atoms with Crippen LogP contribution in [-0.2, 0) is 0 Å². The van der Waals surface area contributed by atoms with Crippen molar-refractivity contribution >= 4 is 33.5 Å². The van der Waals surface area contributed by atoms with Crippen LogP contribution in [0.15, 0.2) is 86.8 Å². The molecule has 3 aromatic carbocycles. The molecule has 0 saturated carbocycles. The molecule has 0 spiro atoms. The zero-order valence-electron chi connectivity index (χ0n) is 17.2. The van der Waals surface area contributed by atoms with E-state index in [1.165, 1.54) is 17.7 Å². The van der Waals surface area contributed by atoms with E-state index in [4.69, 9.17) is 25.5 Å². The molecule has 0 aliphatic carbocycles. The topological polar surface area (TPSA) is 90.9 Å². The summed E-state index contributed by atoms with van der Waals surface area (Å²) >= 11 is 6.12. The smallest absolute Gasteiger partial charge is 0.383 e. The first kappa shape index (κ1) is 20.7. The highest BCUT2D eigenvalue weighted by molar-refractivity contribution is 6.32. The van der Waals surface area contributed by atoms with Crippen LogP contribution in [0.1, 0.15) is 0 Å². The number of rotatable bonds is 4. The van der Waals surface area contributed by atoms with E-state index in [9.17, 15) is 14.7 Å². The Morgan fingerprint density at radius 2 is 1.70 bits per heavy atom. The van der Waals surface area contributed by atoms with Crippen molar-refractivity contribution in [3.8, 4) is 28.7 Å². The minimum absolute atomic E-state index is 0.0566. The molecule has 0 bridgehead atoms. The van der Waals surface area contributed by atoms with Crippen LogP contribution in [0, 0.1) is 0 Å². The highest BCUT2D eigenvalue weighted by Gasteiger charge is 2.24. The van der Waals surface area contributed by atoms with Crippen LogP contribution in [0.5, 0.6) is 23.0 Å². The van der Waals surface area contributed by atoms with Crippen molar-refractivity contribution in [1.29, 1.82) is 0 Å². The first-order valence-electron chi connectivity index (χ1n) is 9.90. The first-order valence-corrected chi connectivity index (χ1v) is 10.3. The SMILES string of the molecule is COc1ccc2c3oc(=O)c(Oc4ccccc4Cl)c(O)c3c(=O)n(-c3ccccc3)c2c1. The zero-order chi connectivity index (χ0) is 23.1. The molecule has 0 fully saturated rings. The summed E-state index contributed by atoms with van der Waals surface area (Å²) in [6.45, 7) is 0. The fourth-order valence-corrected chi connectivity index (χ4v) is 3.87. The fourth-order valence-electron chi connectivity index (χ4n) is 3.69. The quantitative estimate of drug-likeness (QED) is 0.367. The molecule has 2 heterocycles. The zero-order valence-corrected chi connectivity index (χ0v) is 18.0. The van der Waals surface area contributed by atoms with Gasteiger partial charge >= 0.3 is 5.63 Å². The van der Waals surface area contributed by atoms with Gasteiger partial charge in [0.1, 0.15) is 16.9 Å². The minimum Gasteiger partial charge on any atom is -0.503 e.